The molecule has 0 aromatic carbocycles. The van der Waals surface area contributed by atoms with E-state index in [1.807, 2.05) is 7.05 Å². The quantitative estimate of drug-likeness (QED) is 0.840. The summed E-state index contributed by atoms with van der Waals surface area (Å²) in [5, 5.41) is 8.15. The molecule has 0 atom stereocenters. The first-order valence-corrected chi connectivity index (χ1v) is 7.52. The van der Waals surface area contributed by atoms with Gasteiger partial charge in [0.15, 0.2) is 0 Å². The maximum Gasteiger partial charge on any atom is 0.0669 e. The van der Waals surface area contributed by atoms with Crippen LogP contribution in [0.5, 0.6) is 0 Å². The van der Waals surface area contributed by atoms with Gasteiger partial charge in [0, 0.05) is 24.3 Å². The number of nitrogens with one attached hydrogen (secondary N) is 1. The van der Waals surface area contributed by atoms with Crippen molar-refractivity contribution in [3.63, 3.8) is 0 Å². The van der Waals surface area contributed by atoms with E-state index in [0.717, 1.165) is 31.8 Å². The summed E-state index contributed by atoms with van der Waals surface area (Å²) < 4.78 is 2.31. The highest BCUT2D eigenvalue weighted by Gasteiger charge is 2.20. The van der Waals surface area contributed by atoms with Crippen LogP contribution in [0.3, 0.4) is 0 Å². The van der Waals surface area contributed by atoms with Crippen LogP contribution < -0.4 is 5.32 Å². The van der Waals surface area contributed by atoms with E-state index in [0.29, 0.717) is 0 Å². The molecule has 3 heteroatoms. The van der Waals surface area contributed by atoms with Gasteiger partial charge in [-0.2, -0.15) is 5.10 Å². The van der Waals surface area contributed by atoms with E-state index in [1.54, 1.807) is 0 Å². The minimum atomic E-state index is 0.863. The van der Waals surface area contributed by atoms with Gasteiger partial charge in [-0.05, 0) is 38.6 Å². The molecular weight excluding hydrogens is 222 g/mol. The topological polar surface area (TPSA) is 29.9 Å². The Hall–Kier alpha value is -0.830. The predicted molar refractivity (Wildman–Crippen MR) is 75.7 cm³/mol. The molecule has 1 aliphatic rings. The fraction of sp³-hybridized carbons (Fsp3) is 0.800. The molecule has 0 saturated heterocycles. The molecule has 0 spiro atoms. The van der Waals surface area contributed by atoms with E-state index >= 15 is 0 Å². The second-order valence-electron chi connectivity index (χ2n) is 5.44. The molecule has 0 radical (unpaired) electrons. The van der Waals surface area contributed by atoms with Gasteiger partial charge in [-0.3, -0.25) is 4.68 Å². The molecule has 1 heterocycles. The third kappa shape index (κ3) is 2.77. The molecule has 1 fully saturated rings. The van der Waals surface area contributed by atoms with E-state index in [9.17, 15) is 0 Å². The highest BCUT2D eigenvalue weighted by molar-refractivity contribution is 5.26. The Morgan fingerprint density at radius 3 is 2.50 bits per heavy atom. The zero-order chi connectivity index (χ0) is 13.0. The molecule has 2 rings (SSSR count). The third-order valence-corrected chi connectivity index (χ3v) is 4.18. The van der Waals surface area contributed by atoms with E-state index in [4.69, 9.17) is 5.10 Å². The van der Waals surface area contributed by atoms with Crippen LogP contribution in [0.4, 0.5) is 0 Å². The zero-order valence-corrected chi connectivity index (χ0v) is 12.1. The normalized spacial score (nSPS) is 16.6. The largest absolute Gasteiger partial charge is 0.316 e. The molecule has 0 amide bonds. The van der Waals surface area contributed by atoms with Gasteiger partial charge < -0.3 is 5.32 Å². The van der Waals surface area contributed by atoms with Gasteiger partial charge in [0.05, 0.1) is 5.69 Å². The molecule has 1 aliphatic carbocycles. The molecule has 1 aromatic heterocycles. The van der Waals surface area contributed by atoms with Gasteiger partial charge in [-0.25, -0.2) is 0 Å². The number of aromatic nitrogens is 2. The van der Waals surface area contributed by atoms with Crippen molar-refractivity contribution in [2.75, 3.05) is 7.05 Å². The summed E-state index contributed by atoms with van der Waals surface area (Å²) in [5.74, 6) is 0.863. The van der Waals surface area contributed by atoms with E-state index < -0.39 is 0 Å². The van der Waals surface area contributed by atoms with Crippen molar-refractivity contribution in [1.29, 1.82) is 0 Å². The highest BCUT2D eigenvalue weighted by atomic mass is 15.3. The zero-order valence-electron chi connectivity index (χ0n) is 12.1. The number of hydrogen-bond donors (Lipinski definition) is 1. The van der Waals surface area contributed by atoms with Crippen LogP contribution in [0.1, 0.15) is 56.5 Å². The summed E-state index contributed by atoms with van der Waals surface area (Å²) in [7, 11) is 2.02. The SMILES string of the molecule is CCc1nn(CC2CCCC2)c(CC)c1CNC. The van der Waals surface area contributed by atoms with Crippen molar-refractivity contribution >= 4 is 0 Å². The Balaban J connectivity index is 2.22. The summed E-state index contributed by atoms with van der Waals surface area (Å²) in [4.78, 5) is 0. The number of rotatable bonds is 6. The monoisotopic (exact) mass is 249 g/mol. The number of hydrogen-bond acceptors (Lipinski definition) is 2. The Bertz CT molecular complexity index is 375. The van der Waals surface area contributed by atoms with E-state index in [2.05, 4.69) is 23.8 Å². The molecule has 0 bridgehead atoms. The second kappa shape index (κ2) is 6.37. The van der Waals surface area contributed by atoms with E-state index in [1.165, 1.54) is 42.6 Å². The van der Waals surface area contributed by atoms with Crippen LogP contribution in [0, 0.1) is 5.92 Å². The van der Waals surface area contributed by atoms with Crippen LogP contribution >= 0.6 is 0 Å². The van der Waals surface area contributed by atoms with Crippen LogP contribution in [0.25, 0.3) is 0 Å². The molecule has 1 saturated carbocycles. The Morgan fingerprint density at radius 1 is 1.22 bits per heavy atom. The van der Waals surface area contributed by atoms with Crippen molar-refractivity contribution in [1.82, 2.24) is 15.1 Å². The first kappa shape index (κ1) is 13.6. The van der Waals surface area contributed by atoms with Crippen molar-refractivity contribution < 1.29 is 0 Å². The minimum absolute atomic E-state index is 0.863. The molecule has 3 nitrogen and oxygen atoms in total. The number of nitrogens with zero attached hydrogens (tertiary/aromatic N) is 2. The Morgan fingerprint density at radius 2 is 1.94 bits per heavy atom. The van der Waals surface area contributed by atoms with Gasteiger partial charge in [0.25, 0.3) is 0 Å². The molecule has 0 aliphatic heterocycles. The number of aryl methyl sites for hydroxylation is 1. The first-order valence-electron chi connectivity index (χ1n) is 7.52. The van der Waals surface area contributed by atoms with Gasteiger partial charge in [0.1, 0.15) is 0 Å². The van der Waals surface area contributed by atoms with Gasteiger partial charge in [-0.15, -0.1) is 0 Å². The van der Waals surface area contributed by atoms with Crippen molar-refractivity contribution in [2.24, 2.45) is 5.92 Å². The van der Waals surface area contributed by atoms with Crippen LogP contribution in [-0.2, 0) is 25.9 Å². The van der Waals surface area contributed by atoms with Gasteiger partial charge in [-0.1, -0.05) is 26.7 Å². The lowest BCUT2D eigenvalue weighted by Crippen LogP contribution is -2.13. The Labute approximate surface area is 111 Å². The summed E-state index contributed by atoms with van der Waals surface area (Å²) >= 11 is 0. The highest BCUT2D eigenvalue weighted by Crippen LogP contribution is 2.27. The lowest BCUT2D eigenvalue weighted by atomic mass is 10.1. The lowest BCUT2D eigenvalue weighted by molar-refractivity contribution is 0.417. The summed E-state index contributed by atoms with van der Waals surface area (Å²) in [6, 6.07) is 0. The standard InChI is InChI=1S/C15H27N3/c1-4-14-13(10-16-3)15(5-2)18(17-14)11-12-8-6-7-9-12/h12,16H,4-11H2,1-3H3. The molecule has 18 heavy (non-hydrogen) atoms. The fourth-order valence-electron chi connectivity index (χ4n) is 3.24. The maximum atomic E-state index is 4.86. The predicted octanol–water partition coefficient (Wildman–Crippen LogP) is 2.92. The fourth-order valence-corrected chi connectivity index (χ4v) is 3.24. The molecular formula is C15H27N3. The third-order valence-electron chi connectivity index (χ3n) is 4.18. The molecule has 0 unspecified atom stereocenters. The lowest BCUT2D eigenvalue weighted by Gasteiger charge is -2.12. The Kier molecular flexibility index (Phi) is 4.81. The molecule has 102 valence electrons. The van der Waals surface area contributed by atoms with Crippen LogP contribution in [0.2, 0.25) is 0 Å². The summed E-state index contributed by atoms with van der Waals surface area (Å²) in [6.07, 6.45) is 7.75. The van der Waals surface area contributed by atoms with Gasteiger partial charge >= 0.3 is 0 Å². The van der Waals surface area contributed by atoms with Crippen LogP contribution in [-0.4, -0.2) is 16.8 Å². The smallest absolute Gasteiger partial charge is 0.0669 e. The maximum absolute atomic E-state index is 4.86. The van der Waals surface area contributed by atoms with Crippen LogP contribution in [0.15, 0.2) is 0 Å². The van der Waals surface area contributed by atoms with Crippen molar-refractivity contribution in [2.45, 2.75) is 65.5 Å². The first-order chi connectivity index (χ1) is 8.80. The van der Waals surface area contributed by atoms with Crippen molar-refractivity contribution in [3.8, 4) is 0 Å². The average Bonchev–Trinajstić information content (AvgIpc) is 2.98. The van der Waals surface area contributed by atoms with Gasteiger partial charge in [0.2, 0.25) is 0 Å². The van der Waals surface area contributed by atoms with E-state index in [-0.39, 0.29) is 0 Å². The van der Waals surface area contributed by atoms with Crippen molar-refractivity contribution in [3.05, 3.63) is 17.0 Å². The summed E-state index contributed by atoms with van der Waals surface area (Å²) in [5.41, 5.74) is 4.19. The average molecular weight is 249 g/mol. The molecule has 1 aromatic rings. The minimum Gasteiger partial charge on any atom is -0.316 e. The molecule has 1 N–H and O–H groups in total. The second-order valence-corrected chi connectivity index (χ2v) is 5.44. The summed E-state index contributed by atoms with van der Waals surface area (Å²) in [6.45, 7) is 6.55.